The number of carbonyl (C=O) groups is 2. The fourth-order valence-electron chi connectivity index (χ4n) is 5.41. The molecule has 0 spiro atoms. The first-order valence-corrected chi connectivity index (χ1v) is 16.7. The predicted octanol–water partition coefficient (Wildman–Crippen LogP) is 4.13. The summed E-state index contributed by atoms with van der Waals surface area (Å²) in [4.78, 5) is 36.3. The van der Waals surface area contributed by atoms with Crippen LogP contribution >= 0.6 is 7.75 Å². The first kappa shape index (κ1) is 34.6. The molecule has 2 aromatic heterocycles. The number of nitrogens with one attached hydrogen (secondary N) is 2. The molecule has 5 rings (SSSR count). The summed E-state index contributed by atoms with van der Waals surface area (Å²) in [6, 6.07) is 6.53. The number of hydrogen-bond donors (Lipinski definition) is 3. The molecule has 18 heteroatoms. The molecule has 1 aliphatic carbocycles. The molecule has 1 unspecified atom stereocenters. The first-order chi connectivity index (χ1) is 22.4. The predicted molar refractivity (Wildman–Crippen MR) is 162 cm³/mol. The van der Waals surface area contributed by atoms with E-state index in [9.17, 15) is 19.3 Å². The number of aromatic nitrogens is 4. The third kappa shape index (κ3) is 7.54. The molecule has 2 fully saturated rings. The van der Waals surface area contributed by atoms with E-state index in [1.165, 1.54) is 19.1 Å². The molecule has 3 heterocycles. The van der Waals surface area contributed by atoms with E-state index in [0.717, 1.165) is 37.1 Å². The van der Waals surface area contributed by atoms with E-state index in [-0.39, 0.29) is 41.5 Å². The molecule has 256 valence electrons. The highest BCUT2D eigenvalue weighted by atomic mass is 31.2. The Morgan fingerprint density at radius 2 is 1.98 bits per heavy atom. The maximum absolute atomic E-state index is 16.4. The number of esters is 1. The maximum atomic E-state index is 16.4. The lowest BCUT2D eigenvalue weighted by molar-refractivity contribution is -0.192. The van der Waals surface area contributed by atoms with E-state index in [2.05, 4.69) is 25.4 Å². The number of anilines is 1. The number of nitrogens with zero attached hydrogens (tertiary/aromatic N) is 4. The molecule has 1 aliphatic heterocycles. The Balaban J connectivity index is 1.38. The SMILES string of the molecule is CCOc1nc(NC=O)nc2c1ncn2[C@@H]1O[C@](F)(COP(=O)(N[C@@H](C)C(=O)OC2CCCCC2)Oc2ccccc2)[C@@H](F)[C@@]1(C)O. The number of hydrogen-bond acceptors (Lipinski definition) is 12. The Hall–Kier alpha value is -3.76. The summed E-state index contributed by atoms with van der Waals surface area (Å²) < 4.78 is 74.7. The summed E-state index contributed by atoms with van der Waals surface area (Å²) >= 11 is 0. The molecular weight excluding hydrogens is 645 g/mol. The van der Waals surface area contributed by atoms with Gasteiger partial charge in [-0.25, -0.2) is 18.3 Å². The third-order valence-corrected chi connectivity index (χ3v) is 9.37. The van der Waals surface area contributed by atoms with Gasteiger partial charge in [-0.1, -0.05) is 24.6 Å². The van der Waals surface area contributed by atoms with Crippen molar-refractivity contribution in [3.05, 3.63) is 36.7 Å². The van der Waals surface area contributed by atoms with E-state index in [4.69, 9.17) is 23.3 Å². The normalized spacial score (nSPS) is 26.8. The number of rotatable bonds is 14. The van der Waals surface area contributed by atoms with Gasteiger partial charge < -0.3 is 23.8 Å². The van der Waals surface area contributed by atoms with Crippen molar-refractivity contribution < 1.29 is 51.3 Å². The van der Waals surface area contributed by atoms with Crippen LogP contribution in [0.3, 0.4) is 0 Å². The van der Waals surface area contributed by atoms with Gasteiger partial charge >= 0.3 is 13.7 Å². The van der Waals surface area contributed by atoms with Crippen molar-refractivity contribution in [2.75, 3.05) is 18.5 Å². The summed E-state index contributed by atoms with van der Waals surface area (Å²) in [6.45, 7) is 2.88. The quantitative estimate of drug-likeness (QED) is 0.125. The van der Waals surface area contributed by atoms with Crippen LogP contribution in [0.4, 0.5) is 14.7 Å². The minimum absolute atomic E-state index is 0.0360. The molecule has 0 radical (unpaired) electrons. The van der Waals surface area contributed by atoms with Gasteiger partial charge in [0, 0.05) is 0 Å². The second-order valence-electron chi connectivity index (χ2n) is 11.4. The number of ether oxygens (including phenoxy) is 3. The lowest BCUT2D eigenvalue weighted by atomic mass is 9.97. The molecule has 15 nitrogen and oxygen atoms in total. The maximum Gasteiger partial charge on any atom is 0.459 e. The molecule has 1 saturated carbocycles. The van der Waals surface area contributed by atoms with Crippen LogP contribution in [0.25, 0.3) is 11.2 Å². The van der Waals surface area contributed by atoms with Crippen molar-refractivity contribution in [2.45, 2.75) is 88.9 Å². The molecular formula is C29H37F2N6O9P. The highest BCUT2D eigenvalue weighted by molar-refractivity contribution is 7.52. The molecule has 3 N–H and O–H groups in total. The van der Waals surface area contributed by atoms with E-state index in [1.807, 2.05) is 0 Å². The van der Waals surface area contributed by atoms with Crippen LogP contribution in [0.5, 0.6) is 11.6 Å². The van der Waals surface area contributed by atoms with Gasteiger partial charge in [0.25, 0.3) is 5.85 Å². The topological polar surface area (TPSA) is 185 Å². The molecule has 47 heavy (non-hydrogen) atoms. The van der Waals surface area contributed by atoms with Crippen LogP contribution in [0.2, 0.25) is 0 Å². The van der Waals surface area contributed by atoms with Crippen LogP contribution in [0, 0.1) is 0 Å². The fourth-order valence-corrected chi connectivity index (χ4v) is 6.92. The fraction of sp³-hybridized carbons (Fsp3) is 0.552. The standard InChI is InChI=1S/C29H37F2N6O9P/c1-4-42-23-21-22(34-27(35-23)33-17-38)37(16-32-21)26-28(3,40)25(30)29(31,45-26)15-43-47(41,46-20-13-9-6-10-14-20)36-18(2)24(39)44-19-11-7-5-8-12-19/h6,9-10,13-14,16-19,25-26,40H,4-5,7-8,11-12,15H2,1-3H3,(H,36,41)(H,33,34,35,38)/t18-,25-,26+,28+,29+,47?/m0/s1. The van der Waals surface area contributed by atoms with Crippen molar-refractivity contribution in [1.82, 2.24) is 24.6 Å². The van der Waals surface area contributed by atoms with Gasteiger partial charge in [-0.15, -0.1) is 0 Å². The number of carbonyl (C=O) groups excluding carboxylic acids is 2. The van der Waals surface area contributed by atoms with Crippen LogP contribution in [-0.2, 0) is 28.2 Å². The Morgan fingerprint density at radius 3 is 2.66 bits per heavy atom. The summed E-state index contributed by atoms with van der Waals surface area (Å²) in [7, 11) is -4.63. The minimum atomic E-state index is -4.63. The van der Waals surface area contributed by atoms with E-state index >= 15 is 8.78 Å². The van der Waals surface area contributed by atoms with Crippen molar-refractivity contribution >= 4 is 37.2 Å². The molecule has 1 saturated heterocycles. The summed E-state index contributed by atoms with van der Waals surface area (Å²) in [5.74, 6) is -4.31. The average Bonchev–Trinajstić information content (AvgIpc) is 3.54. The number of para-hydroxylation sites is 1. The number of amides is 1. The molecule has 6 atom stereocenters. The number of alkyl halides is 2. The van der Waals surface area contributed by atoms with Gasteiger partial charge in [-0.2, -0.15) is 15.1 Å². The van der Waals surface area contributed by atoms with Gasteiger partial charge in [0.05, 0.1) is 12.9 Å². The number of halogens is 2. The second-order valence-corrected chi connectivity index (χ2v) is 13.1. The van der Waals surface area contributed by atoms with Crippen molar-refractivity contribution in [3.8, 4) is 11.6 Å². The Morgan fingerprint density at radius 1 is 1.26 bits per heavy atom. The number of aliphatic hydroxyl groups is 1. The molecule has 0 bridgehead atoms. The zero-order valence-electron chi connectivity index (χ0n) is 26.0. The second kappa shape index (κ2) is 14.2. The van der Waals surface area contributed by atoms with Gasteiger partial charge in [0.1, 0.15) is 30.1 Å². The van der Waals surface area contributed by atoms with Crippen molar-refractivity contribution in [2.24, 2.45) is 0 Å². The minimum Gasteiger partial charge on any atom is -0.476 e. The Kier molecular flexibility index (Phi) is 10.4. The van der Waals surface area contributed by atoms with E-state index in [1.54, 1.807) is 25.1 Å². The highest BCUT2D eigenvalue weighted by Gasteiger charge is 2.65. The molecule has 1 amide bonds. The van der Waals surface area contributed by atoms with Crippen LogP contribution in [0.1, 0.15) is 59.1 Å². The average molecular weight is 683 g/mol. The lowest BCUT2D eigenvalue weighted by Crippen LogP contribution is -2.46. The zero-order chi connectivity index (χ0) is 33.8. The smallest absolute Gasteiger partial charge is 0.459 e. The number of benzene rings is 1. The van der Waals surface area contributed by atoms with E-state index in [0.29, 0.717) is 19.3 Å². The lowest BCUT2D eigenvalue weighted by Gasteiger charge is -2.28. The van der Waals surface area contributed by atoms with Gasteiger partial charge in [0.15, 0.2) is 23.6 Å². The Labute approximate surface area is 268 Å². The summed E-state index contributed by atoms with van der Waals surface area (Å²) in [5.41, 5.74) is -2.58. The third-order valence-electron chi connectivity index (χ3n) is 7.75. The van der Waals surface area contributed by atoms with Gasteiger partial charge in [-0.3, -0.25) is 24.0 Å². The molecule has 3 aromatic rings. The van der Waals surface area contributed by atoms with Crippen molar-refractivity contribution in [1.29, 1.82) is 0 Å². The number of fused-ring (bicyclic) bond motifs is 1. The van der Waals surface area contributed by atoms with Crippen LogP contribution in [-0.4, -0.2) is 80.0 Å². The van der Waals surface area contributed by atoms with Gasteiger partial charge in [-0.05, 0) is 58.6 Å². The largest absolute Gasteiger partial charge is 0.476 e. The van der Waals surface area contributed by atoms with Crippen molar-refractivity contribution in [3.63, 3.8) is 0 Å². The van der Waals surface area contributed by atoms with E-state index < -0.39 is 50.2 Å². The monoisotopic (exact) mass is 682 g/mol. The van der Waals surface area contributed by atoms with Gasteiger partial charge in [0.2, 0.25) is 18.2 Å². The summed E-state index contributed by atoms with van der Waals surface area (Å²) in [6.07, 6.45) is 0.857. The summed E-state index contributed by atoms with van der Waals surface area (Å²) in [5, 5.41) is 15.9. The van der Waals surface area contributed by atoms with Crippen LogP contribution < -0.4 is 19.7 Å². The van der Waals surface area contributed by atoms with Crippen LogP contribution in [0.15, 0.2) is 36.7 Å². The Bertz CT molecular complexity index is 1610. The molecule has 2 aliphatic rings. The number of imidazole rings is 1. The molecule has 1 aromatic carbocycles. The first-order valence-electron chi connectivity index (χ1n) is 15.2. The zero-order valence-corrected chi connectivity index (χ0v) is 26.9. The highest BCUT2D eigenvalue weighted by Crippen LogP contribution is 2.52.